The Balaban J connectivity index is 1.25. The third-order valence-electron chi connectivity index (χ3n) is 9.02. The fourth-order valence-electron chi connectivity index (χ4n) is 6.82. The van der Waals surface area contributed by atoms with Crippen molar-refractivity contribution in [3.8, 4) is 22.3 Å². The van der Waals surface area contributed by atoms with Gasteiger partial charge in [-0.05, 0) is 80.7 Å². The highest BCUT2D eigenvalue weighted by atomic mass is 16.3. The minimum atomic E-state index is 0.869. The molecule has 1 aromatic heterocycles. The summed E-state index contributed by atoms with van der Waals surface area (Å²) in [5.74, 6) is 0. The molecule has 0 aliphatic carbocycles. The molecule has 0 fully saturated rings. The van der Waals surface area contributed by atoms with Crippen LogP contribution < -0.4 is 4.90 Å². The fraction of sp³-hybridized carbons (Fsp3) is 0. The Morgan fingerprint density at radius 2 is 1.00 bits per heavy atom. The first-order chi connectivity index (χ1) is 22.8. The van der Waals surface area contributed by atoms with Crippen LogP contribution >= 0.6 is 0 Å². The van der Waals surface area contributed by atoms with Gasteiger partial charge in [0.05, 0.1) is 5.69 Å². The second-order valence-corrected chi connectivity index (χ2v) is 11.8. The van der Waals surface area contributed by atoms with Gasteiger partial charge in [-0.1, -0.05) is 133 Å². The summed E-state index contributed by atoms with van der Waals surface area (Å²) in [6.45, 7) is 0. The van der Waals surface area contributed by atoms with Crippen LogP contribution in [0.4, 0.5) is 17.1 Å². The number of fused-ring (bicyclic) bond motifs is 6. The van der Waals surface area contributed by atoms with Crippen molar-refractivity contribution in [3.63, 3.8) is 0 Å². The van der Waals surface area contributed by atoms with Gasteiger partial charge in [-0.15, -0.1) is 0 Å². The van der Waals surface area contributed by atoms with Crippen LogP contribution in [0.1, 0.15) is 0 Å². The molecular weight excluding hydrogens is 558 g/mol. The van der Waals surface area contributed by atoms with E-state index in [1.807, 2.05) is 0 Å². The molecule has 0 unspecified atom stereocenters. The van der Waals surface area contributed by atoms with Gasteiger partial charge in [-0.3, -0.25) is 0 Å². The molecule has 0 spiro atoms. The van der Waals surface area contributed by atoms with E-state index < -0.39 is 0 Å². The Labute approximate surface area is 267 Å². The summed E-state index contributed by atoms with van der Waals surface area (Å²) in [5, 5.41) is 7.14. The van der Waals surface area contributed by atoms with Crippen LogP contribution in [0.5, 0.6) is 0 Å². The summed E-state index contributed by atoms with van der Waals surface area (Å²) >= 11 is 0. The molecule has 0 radical (unpaired) electrons. The van der Waals surface area contributed by atoms with E-state index in [2.05, 4.69) is 181 Å². The summed E-state index contributed by atoms with van der Waals surface area (Å²) in [7, 11) is 0. The number of hydrogen-bond acceptors (Lipinski definition) is 2. The second-order valence-electron chi connectivity index (χ2n) is 11.8. The van der Waals surface area contributed by atoms with Crippen molar-refractivity contribution in [2.24, 2.45) is 0 Å². The highest BCUT2D eigenvalue weighted by Gasteiger charge is 2.22. The maximum Gasteiger partial charge on any atom is 0.159 e. The lowest BCUT2D eigenvalue weighted by atomic mass is 9.96. The number of benzene rings is 8. The molecule has 0 saturated carbocycles. The van der Waals surface area contributed by atoms with E-state index in [1.54, 1.807) is 0 Å². The molecular formula is C44H29NO. The van der Waals surface area contributed by atoms with Crippen molar-refractivity contribution in [2.45, 2.75) is 0 Å². The van der Waals surface area contributed by atoms with Crippen LogP contribution in [0.3, 0.4) is 0 Å². The van der Waals surface area contributed by atoms with Crippen molar-refractivity contribution in [1.29, 1.82) is 0 Å². The largest absolute Gasteiger partial charge is 0.453 e. The zero-order chi connectivity index (χ0) is 30.5. The van der Waals surface area contributed by atoms with Gasteiger partial charge in [0.2, 0.25) is 0 Å². The standard InChI is InChI=1S/C44H29NO/c1-3-13-32(14-4-1)40-29-35-16-9-10-19-38(35)42-39-20-11-21-41(43(39)46-44(40)42)45(36-17-5-2-6-18-36)37-26-24-31(25-27-37)34-23-22-30-12-7-8-15-33(30)28-34/h1-29H. The maximum absolute atomic E-state index is 6.99. The monoisotopic (exact) mass is 587 g/mol. The number of para-hydroxylation sites is 2. The highest BCUT2D eigenvalue weighted by Crippen LogP contribution is 2.46. The quantitative estimate of drug-likeness (QED) is 0.199. The predicted molar refractivity (Wildman–Crippen MR) is 194 cm³/mol. The normalized spacial score (nSPS) is 11.5. The summed E-state index contributed by atoms with van der Waals surface area (Å²) in [6, 6.07) is 62.5. The van der Waals surface area contributed by atoms with Crippen molar-refractivity contribution < 1.29 is 4.42 Å². The van der Waals surface area contributed by atoms with Gasteiger partial charge in [0.15, 0.2) is 5.58 Å². The number of nitrogens with zero attached hydrogens (tertiary/aromatic N) is 1. The molecule has 8 aromatic carbocycles. The molecule has 0 aliphatic heterocycles. The van der Waals surface area contributed by atoms with E-state index in [9.17, 15) is 0 Å². The Kier molecular flexibility index (Phi) is 6.17. The van der Waals surface area contributed by atoms with Crippen LogP contribution in [-0.4, -0.2) is 0 Å². The minimum Gasteiger partial charge on any atom is -0.453 e. The van der Waals surface area contributed by atoms with Gasteiger partial charge in [0, 0.05) is 27.7 Å². The van der Waals surface area contributed by atoms with Crippen LogP contribution in [0, 0.1) is 0 Å². The zero-order valence-electron chi connectivity index (χ0n) is 25.1. The second kappa shape index (κ2) is 10.8. The van der Waals surface area contributed by atoms with Gasteiger partial charge in [-0.2, -0.15) is 0 Å². The Bertz CT molecular complexity index is 2510. The van der Waals surface area contributed by atoms with E-state index in [0.717, 1.165) is 50.1 Å². The Morgan fingerprint density at radius 3 is 1.80 bits per heavy atom. The average Bonchev–Trinajstić information content (AvgIpc) is 3.53. The Hall–Kier alpha value is -6.12. The smallest absolute Gasteiger partial charge is 0.159 e. The maximum atomic E-state index is 6.99. The molecule has 0 aliphatic rings. The van der Waals surface area contributed by atoms with Crippen LogP contribution in [0.2, 0.25) is 0 Å². The molecule has 9 aromatic rings. The predicted octanol–water partition coefficient (Wildman–Crippen LogP) is 12.7. The van der Waals surface area contributed by atoms with Crippen molar-refractivity contribution in [3.05, 3.63) is 176 Å². The van der Waals surface area contributed by atoms with Gasteiger partial charge in [0.1, 0.15) is 5.58 Å². The number of hydrogen-bond donors (Lipinski definition) is 0. The lowest BCUT2D eigenvalue weighted by Crippen LogP contribution is -2.10. The summed E-state index contributed by atoms with van der Waals surface area (Å²) in [5.41, 5.74) is 9.55. The number of furan rings is 1. The topological polar surface area (TPSA) is 16.4 Å². The molecule has 216 valence electrons. The first-order valence-electron chi connectivity index (χ1n) is 15.7. The summed E-state index contributed by atoms with van der Waals surface area (Å²) in [6.07, 6.45) is 0. The summed E-state index contributed by atoms with van der Waals surface area (Å²) < 4.78 is 6.99. The lowest BCUT2D eigenvalue weighted by molar-refractivity contribution is 0.670. The fourth-order valence-corrected chi connectivity index (χ4v) is 6.82. The molecule has 1 heterocycles. The molecule has 0 bridgehead atoms. The number of anilines is 3. The molecule has 2 heteroatoms. The molecule has 0 atom stereocenters. The zero-order valence-corrected chi connectivity index (χ0v) is 25.1. The van der Waals surface area contributed by atoms with Gasteiger partial charge >= 0.3 is 0 Å². The molecule has 0 saturated heterocycles. The highest BCUT2D eigenvalue weighted by molar-refractivity contribution is 6.24. The average molecular weight is 588 g/mol. The molecule has 0 amide bonds. The van der Waals surface area contributed by atoms with Crippen molar-refractivity contribution in [1.82, 2.24) is 0 Å². The van der Waals surface area contributed by atoms with Crippen LogP contribution in [0.25, 0.3) is 65.7 Å². The van der Waals surface area contributed by atoms with Gasteiger partial charge in [0.25, 0.3) is 0 Å². The first kappa shape index (κ1) is 26.3. The molecule has 9 rings (SSSR count). The van der Waals surface area contributed by atoms with Crippen molar-refractivity contribution >= 4 is 60.5 Å². The third-order valence-corrected chi connectivity index (χ3v) is 9.02. The van der Waals surface area contributed by atoms with Gasteiger partial charge in [-0.25, -0.2) is 0 Å². The third kappa shape index (κ3) is 4.35. The van der Waals surface area contributed by atoms with E-state index in [1.165, 1.54) is 32.7 Å². The van der Waals surface area contributed by atoms with Gasteiger partial charge < -0.3 is 9.32 Å². The first-order valence-corrected chi connectivity index (χ1v) is 15.7. The minimum absolute atomic E-state index is 0.869. The van der Waals surface area contributed by atoms with E-state index in [0.29, 0.717) is 0 Å². The van der Waals surface area contributed by atoms with E-state index in [-0.39, 0.29) is 0 Å². The molecule has 2 nitrogen and oxygen atoms in total. The molecule has 46 heavy (non-hydrogen) atoms. The van der Waals surface area contributed by atoms with E-state index in [4.69, 9.17) is 4.42 Å². The summed E-state index contributed by atoms with van der Waals surface area (Å²) in [4.78, 5) is 2.30. The lowest BCUT2D eigenvalue weighted by Gasteiger charge is -2.25. The molecule has 0 N–H and O–H groups in total. The van der Waals surface area contributed by atoms with E-state index >= 15 is 0 Å². The Morgan fingerprint density at radius 1 is 0.370 bits per heavy atom. The van der Waals surface area contributed by atoms with Crippen molar-refractivity contribution in [2.75, 3.05) is 4.90 Å². The number of rotatable bonds is 5. The van der Waals surface area contributed by atoms with Crippen LogP contribution in [0.15, 0.2) is 180 Å². The SMILES string of the molecule is c1ccc(-c2cc3ccccc3c3c2oc2c(N(c4ccccc4)c4ccc(-c5ccc6ccccc6c5)cc4)cccc23)cc1. The van der Waals surface area contributed by atoms with Crippen LogP contribution in [-0.2, 0) is 0 Å².